The number of hydrogen-bond acceptors (Lipinski definition) is 4. The van der Waals surface area contributed by atoms with Crippen molar-refractivity contribution >= 4 is 16.0 Å². The van der Waals surface area contributed by atoms with E-state index in [0.29, 0.717) is 0 Å². The fourth-order valence-electron chi connectivity index (χ4n) is 2.54. The zero-order valence-corrected chi connectivity index (χ0v) is 15.8. The highest BCUT2D eigenvalue weighted by atomic mass is 32.2. The summed E-state index contributed by atoms with van der Waals surface area (Å²) in [5.74, 6) is -0.393. The smallest absolute Gasteiger partial charge is 0.321 e. The van der Waals surface area contributed by atoms with Gasteiger partial charge in [0.25, 0.3) is 0 Å². The molecule has 0 fully saturated rings. The van der Waals surface area contributed by atoms with Crippen LogP contribution in [0.5, 0.6) is 5.75 Å². The van der Waals surface area contributed by atoms with E-state index >= 15 is 0 Å². The number of rotatable bonds is 8. The van der Waals surface area contributed by atoms with Gasteiger partial charge in [-0.1, -0.05) is 38.1 Å². The molecule has 1 unspecified atom stereocenters. The molecule has 2 aromatic rings. The van der Waals surface area contributed by atoms with Crippen molar-refractivity contribution in [2.75, 3.05) is 7.11 Å². The lowest BCUT2D eigenvalue weighted by Gasteiger charge is -2.16. The third-order valence-corrected chi connectivity index (χ3v) is 5.38. The molecule has 140 valence electrons. The summed E-state index contributed by atoms with van der Waals surface area (Å²) in [5.41, 5.74) is 1.77. The molecule has 0 spiro atoms. The van der Waals surface area contributed by atoms with Gasteiger partial charge < -0.3 is 9.84 Å². The normalized spacial score (nSPS) is 12.8. The van der Waals surface area contributed by atoms with Gasteiger partial charge in [0.1, 0.15) is 11.8 Å². The summed E-state index contributed by atoms with van der Waals surface area (Å²) in [5, 5.41) is 9.23. The Morgan fingerprint density at radius 3 is 1.96 bits per heavy atom. The van der Waals surface area contributed by atoms with Crippen LogP contribution in [0, 0.1) is 5.92 Å². The molecular weight excluding hydrogens is 354 g/mol. The largest absolute Gasteiger partial charge is 0.497 e. The number of sulfonamides is 1. The Morgan fingerprint density at radius 2 is 1.54 bits per heavy atom. The molecule has 6 nitrogen and oxygen atoms in total. The first-order valence-corrected chi connectivity index (χ1v) is 9.71. The van der Waals surface area contributed by atoms with E-state index in [2.05, 4.69) is 4.72 Å². The Hall–Kier alpha value is -2.38. The summed E-state index contributed by atoms with van der Waals surface area (Å²) in [7, 11) is -2.32. The van der Waals surface area contributed by atoms with Crippen LogP contribution in [0.25, 0.3) is 11.1 Å². The fraction of sp³-hybridized carbons (Fsp3) is 0.316. The molecular formula is C19H23NO5S. The van der Waals surface area contributed by atoms with Crippen molar-refractivity contribution in [3.8, 4) is 16.9 Å². The number of aliphatic carboxylic acids is 1. The molecule has 1 atom stereocenters. The van der Waals surface area contributed by atoms with E-state index in [-0.39, 0.29) is 17.2 Å². The second-order valence-corrected chi connectivity index (χ2v) is 8.11. The number of carboxylic acids is 1. The average molecular weight is 377 g/mol. The predicted molar refractivity (Wildman–Crippen MR) is 99.6 cm³/mol. The van der Waals surface area contributed by atoms with E-state index in [4.69, 9.17) is 4.74 Å². The van der Waals surface area contributed by atoms with E-state index in [9.17, 15) is 18.3 Å². The highest BCUT2D eigenvalue weighted by molar-refractivity contribution is 7.89. The molecule has 2 rings (SSSR count). The van der Waals surface area contributed by atoms with Crippen molar-refractivity contribution in [2.24, 2.45) is 5.92 Å². The second-order valence-electron chi connectivity index (χ2n) is 6.39. The maximum absolute atomic E-state index is 12.5. The van der Waals surface area contributed by atoms with Crippen LogP contribution in [-0.2, 0) is 14.8 Å². The highest BCUT2D eigenvalue weighted by Gasteiger charge is 2.26. The van der Waals surface area contributed by atoms with Crippen molar-refractivity contribution in [1.29, 1.82) is 0 Å². The van der Waals surface area contributed by atoms with E-state index in [1.165, 1.54) is 12.1 Å². The molecule has 0 saturated carbocycles. The lowest BCUT2D eigenvalue weighted by Crippen LogP contribution is -2.41. The van der Waals surface area contributed by atoms with Gasteiger partial charge in [0.2, 0.25) is 10.0 Å². The van der Waals surface area contributed by atoms with Gasteiger partial charge in [-0.2, -0.15) is 4.72 Å². The van der Waals surface area contributed by atoms with Crippen molar-refractivity contribution in [1.82, 2.24) is 4.72 Å². The predicted octanol–water partition coefficient (Wildman–Crippen LogP) is 3.14. The molecule has 0 aliphatic rings. The fourth-order valence-corrected chi connectivity index (χ4v) is 3.74. The van der Waals surface area contributed by atoms with Gasteiger partial charge in [0.05, 0.1) is 12.0 Å². The number of carboxylic acid groups (broad SMARTS) is 1. The molecule has 0 amide bonds. The standard InChI is InChI=1S/C19H23NO5S/c1-13(2)12-18(19(21)22)20-26(23,24)17-10-6-15(7-11-17)14-4-8-16(25-3)9-5-14/h4-11,13,18,20H,12H2,1-3H3,(H,21,22). The first-order chi connectivity index (χ1) is 12.2. The topological polar surface area (TPSA) is 92.7 Å². The molecule has 0 bridgehead atoms. The summed E-state index contributed by atoms with van der Waals surface area (Å²) >= 11 is 0. The first-order valence-electron chi connectivity index (χ1n) is 8.22. The number of hydrogen-bond donors (Lipinski definition) is 2. The highest BCUT2D eigenvalue weighted by Crippen LogP contribution is 2.24. The van der Waals surface area contributed by atoms with Crippen LogP contribution in [-0.4, -0.2) is 32.6 Å². The van der Waals surface area contributed by atoms with E-state index in [0.717, 1.165) is 16.9 Å². The SMILES string of the molecule is COc1ccc(-c2ccc(S(=O)(=O)NC(CC(C)C)C(=O)O)cc2)cc1. The number of carbonyl (C=O) groups is 1. The van der Waals surface area contributed by atoms with Crippen LogP contribution in [0.4, 0.5) is 0 Å². The molecule has 2 N–H and O–H groups in total. The number of methoxy groups -OCH3 is 1. The molecule has 0 saturated heterocycles. The van der Waals surface area contributed by atoms with Gasteiger partial charge in [0.15, 0.2) is 0 Å². The third-order valence-electron chi connectivity index (χ3n) is 3.89. The molecule has 26 heavy (non-hydrogen) atoms. The van der Waals surface area contributed by atoms with Gasteiger partial charge in [-0.15, -0.1) is 0 Å². The minimum Gasteiger partial charge on any atom is -0.497 e. The minimum absolute atomic E-state index is 0.0322. The molecule has 0 aliphatic heterocycles. The van der Waals surface area contributed by atoms with Crippen LogP contribution < -0.4 is 9.46 Å². The van der Waals surface area contributed by atoms with Gasteiger partial charge >= 0.3 is 5.97 Å². The van der Waals surface area contributed by atoms with Gasteiger partial charge in [-0.05, 0) is 47.7 Å². The van der Waals surface area contributed by atoms with E-state index in [1.54, 1.807) is 19.2 Å². The lowest BCUT2D eigenvalue weighted by atomic mass is 10.1. The Kier molecular flexibility index (Phi) is 6.39. The average Bonchev–Trinajstić information content (AvgIpc) is 2.61. The molecule has 0 radical (unpaired) electrons. The zero-order valence-electron chi connectivity index (χ0n) is 15.0. The number of nitrogens with one attached hydrogen (secondary N) is 1. The zero-order chi connectivity index (χ0) is 19.3. The summed E-state index contributed by atoms with van der Waals surface area (Å²) in [6.07, 6.45) is 0.221. The van der Waals surface area contributed by atoms with Gasteiger partial charge in [-0.25, -0.2) is 8.42 Å². The summed E-state index contributed by atoms with van der Waals surface area (Å²) in [4.78, 5) is 11.3. The monoisotopic (exact) mass is 377 g/mol. The van der Waals surface area contributed by atoms with Gasteiger partial charge in [-0.3, -0.25) is 4.79 Å². The minimum atomic E-state index is -3.91. The first kappa shape index (κ1) is 19.9. The number of ether oxygens (including phenoxy) is 1. The van der Waals surface area contributed by atoms with Crippen molar-refractivity contribution in [3.63, 3.8) is 0 Å². The Bertz CT molecular complexity index is 843. The lowest BCUT2D eigenvalue weighted by molar-refractivity contribution is -0.139. The summed E-state index contributed by atoms with van der Waals surface area (Å²) < 4.78 is 32.3. The summed E-state index contributed by atoms with van der Waals surface area (Å²) in [6, 6.07) is 12.6. The summed E-state index contributed by atoms with van der Waals surface area (Å²) in [6.45, 7) is 3.68. The Labute approximate surface area is 153 Å². The molecule has 0 aliphatic carbocycles. The van der Waals surface area contributed by atoms with Crippen molar-refractivity contribution < 1.29 is 23.1 Å². The third kappa shape index (κ3) is 5.06. The van der Waals surface area contributed by atoms with Gasteiger partial charge in [0, 0.05) is 0 Å². The van der Waals surface area contributed by atoms with Crippen LogP contribution in [0.2, 0.25) is 0 Å². The van der Waals surface area contributed by atoms with Crippen LogP contribution in [0.3, 0.4) is 0 Å². The Morgan fingerprint density at radius 1 is 1.04 bits per heavy atom. The van der Waals surface area contributed by atoms with Crippen LogP contribution in [0.15, 0.2) is 53.4 Å². The van der Waals surface area contributed by atoms with Crippen LogP contribution in [0.1, 0.15) is 20.3 Å². The molecule has 0 aromatic heterocycles. The number of benzene rings is 2. The maximum atomic E-state index is 12.5. The maximum Gasteiger partial charge on any atom is 0.321 e. The Balaban J connectivity index is 2.20. The van der Waals surface area contributed by atoms with Crippen molar-refractivity contribution in [3.05, 3.63) is 48.5 Å². The van der Waals surface area contributed by atoms with E-state index < -0.39 is 22.0 Å². The van der Waals surface area contributed by atoms with Crippen LogP contribution >= 0.6 is 0 Å². The van der Waals surface area contributed by atoms with Crippen molar-refractivity contribution in [2.45, 2.75) is 31.2 Å². The quantitative estimate of drug-likeness (QED) is 0.737. The van der Waals surface area contributed by atoms with E-state index in [1.807, 2.05) is 38.1 Å². The molecule has 0 heterocycles. The molecule has 7 heteroatoms. The molecule has 2 aromatic carbocycles. The second kappa shape index (κ2) is 8.33.